The molecule has 0 saturated carbocycles. The van der Waals surface area contributed by atoms with Gasteiger partial charge >= 0.3 is 0 Å². The molecule has 132 valence electrons. The van der Waals surface area contributed by atoms with Crippen molar-refractivity contribution in [2.45, 2.75) is 51.5 Å². The summed E-state index contributed by atoms with van der Waals surface area (Å²) in [4.78, 5) is 15.2. The summed E-state index contributed by atoms with van der Waals surface area (Å²) in [6.45, 7) is 4.44. The highest BCUT2D eigenvalue weighted by Gasteiger charge is 2.30. The molecular formula is C19H24N4OS. The normalized spacial score (nSPS) is 19.9. The van der Waals surface area contributed by atoms with E-state index in [0.29, 0.717) is 4.77 Å². The van der Waals surface area contributed by atoms with Crippen LogP contribution in [0.15, 0.2) is 18.2 Å². The molecule has 1 fully saturated rings. The molecule has 5 nitrogen and oxygen atoms in total. The standard InChI is InChI=1S/C19H24N4OS/c1-2-23-17(20-21-19(23)25)14-8-5-11-22(12-14)18(24)16-10-4-7-13-6-3-9-15(13)16/h4,7,10,14H,2-3,5-6,8-9,11-12H2,1H3,(H,21,25). The van der Waals surface area contributed by atoms with Gasteiger partial charge in [-0.15, -0.1) is 0 Å². The van der Waals surface area contributed by atoms with E-state index in [1.54, 1.807) is 0 Å². The first kappa shape index (κ1) is 16.5. The number of nitrogens with one attached hydrogen (secondary N) is 1. The van der Waals surface area contributed by atoms with Gasteiger partial charge < -0.3 is 9.47 Å². The molecule has 25 heavy (non-hydrogen) atoms. The average molecular weight is 356 g/mol. The van der Waals surface area contributed by atoms with Crippen molar-refractivity contribution in [2.24, 2.45) is 0 Å². The molecule has 1 N–H and O–H groups in total. The number of amides is 1. The highest BCUT2D eigenvalue weighted by atomic mass is 32.1. The van der Waals surface area contributed by atoms with Crippen molar-refractivity contribution < 1.29 is 4.79 Å². The topological polar surface area (TPSA) is 53.9 Å². The van der Waals surface area contributed by atoms with Crippen LogP contribution in [0.5, 0.6) is 0 Å². The summed E-state index contributed by atoms with van der Waals surface area (Å²) in [6.07, 6.45) is 5.35. The number of hydrogen-bond acceptors (Lipinski definition) is 3. The number of piperidine rings is 1. The van der Waals surface area contributed by atoms with Gasteiger partial charge in [0.15, 0.2) is 4.77 Å². The number of carbonyl (C=O) groups is 1. The first-order chi connectivity index (χ1) is 12.2. The highest BCUT2D eigenvalue weighted by Crippen LogP contribution is 2.30. The van der Waals surface area contributed by atoms with E-state index >= 15 is 0 Å². The Hall–Kier alpha value is -1.95. The van der Waals surface area contributed by atoms with Crippen molar-refractivity contribution in [2.75, 3.05) is 13.1 Å². The molecule has 1 saturated heterocycles. The first-order valence-electron chi connectivity index (χ1n) is 9.24. The van der Waals surface area contributed by atoms with E-state index in [2.05, 4.69) is 23.2 Å². The lowest BCUT2D eigenvalue weighted by molar-refractivity contribution is 0.0702. The molecule has 1 aromatic carbocycles. The number of likely N-dealkylation sites (tertiary alicyclic amines) is 1. The molecule has 1 aliphatic carbocycles. The molecule has 0 spiro atoms. The Morgan fingerprint density at radius 1 is 1.36 bits per heavy atom. The van der Waals surface area contributed by atoms with Gasteiger partial charge in [-0.1, -0.05) is 12.1 Å². The van der Waals surface area contributed by atoms with Crippen molar-refractivity contribution in [3.05, 3.63) is 45.5 Å². The Morgan fingerprint density at radius 3 is 3.08 bits per heavy atom. The maximum atomic E-state index is 13.2. The SMILES string of the molecule is CCn1c(C2CCCN(C(=O)c3cccc4c3CCC4)C2)n[nH]c1=S. The van der Waals surface area contributed by atoms with Crippen molar-refractivity contribution in [1.82, 2.24) is 19.7 Å². The number of nitrogens with zero attached hydrogens (tertiary/aromatic N) is 3. The van der Waals surface area contributed by atoms with Gasteiger partial charge in [0.25, 0.3) is 5.91 Å². The van der Waals surface area contributed by atoms with Crippen LogP contribution in [0.25, 0.3) is 0 Å². The van der Waals surface area contributed by atoms with Crippen molar-refractivity contribution in [3.63, 3.8) is 0 Å². The van der Waals surface area contributed by atoms with Crippen molar-refractivity contribution in [1.29, 1.82) is 0 Å². The number of aromatic nitrogens is 3. The molecule has 1 aromatic heterocycles. The molecular weight excluding hydrogens is 332 g/mol. The zero-order valence-electron chi connectivity index (χ0n) is 14.6. The molecule has 4 rings (SSSR count). The number of rotatable bonds is 3. The predicted octanol–water partition coefficient (Wildman–Crippen LogP) is 3.47. The maximum Gasteiger partial charge on any atom is 0.254 e. The molecule has 1 amide bonds. The number of hydrogen-bond donors (Lipinski definition) is 1. The molecule has 0 bridgehead atoms. The van der Waals surface area contributed by atoms with Crippen LogP contribution in [-0.4, -0.2) is 38.7 Å². The van der Waals surface area contributed by atoms with E-state index in [9.17, 15) is 4.79 Å². The molecule has 2 aromatic rings. The minimum absolute atomic E-state index is 0.181. The monoisotopic (exact) mass is 356 g/mol. The maximum absolute atomic E-state index is 13.2. The quantitative estimate of drug-likeness (QED) is 0.857. The molecule has 1 aliphatic heterocycles. The van der Waals surface area contributed by atoms with Gasteiger partial charge in [0.1, 0.15) is 5.82 Å². The second-order valence-electron chi connectivity index (χ2n) is 7.02. The number of H-pyrrole nitrogens is 1. The van der Waals surface area contributed by atoms with Crippen LogP contribution in [0.1, 0.15) is 59.4 Å². The van der Waals surface area contributed by atoms with E-state index in [4.69, 9.17) is 12.2 Å². The second-order valence-corrected chi connectivity index (χ2v) is 7.41. The Morgan fingerprint density at radius 2 is 2.24 bits per heavy atom. The van der Waals surface area contributed by atoms with Crippen LogP contribution >= 0.6 is 12.2 Å². The Kier molecular flexibility index (Phi) is 4.46. The molecule has 0 radical (unpaired) electrons. The Bertz CT molecular complexity index is 853. The fourth-order valence-corrected chi connectivity index (χ4v) is 4.58. The summed E-state index contributed by atoms with van der Waals surface area (Å²) in [5.41, 5.74) is 3.53. The Balaban J connectivity index is 1.58. The zero-order chi connectivity index (χ0) is 17.4. The third kappa shape index (κ3) is 2.92. The summed E-state index contributed by atoms with van der Waals surface area (Å²) >= 11 is 5.32. The van der Waals surface area contributed by atoms with Crippen molar-refractivity contribution >= 4 is 18.1 Å². The first-order valence-corrected chi connectivity index (χ1v) is 9.65. The van der Waals surface area contributed by atoms with E-state index in [-0.39, 0.29) is 11.8 Å². The van der Waals surface area contributed by atoms with Crippen LogP contribution in [-0.2, 0) is 19.4 Å². The Labute approximate surface area is 153 Å². The van der Waals surface area contributed by atoms with Crippen LogP contribution in [0.2, 0.25) is 0 Å². The number of carbonyl (C=O) groups excluding carboxylic acids is 1. The van der Waals surface area contributed by atoms with Crippen LogP contribution in [0.3, 0.4) is 0 Å². The second kappa shape index (κ2) is 6.75. The summed E-state index contributed by atoms with van der Waals surface area (Å²) in [7, 11) is 0. The van der Waals surface area contributed by atoms with E-state index < -0.39 is 0 Å². The lowest BCUT2D eigenvalue weighted by atomic mass is 9.95. The summed E-state index contributed by atoms with van der Waals surface area (Å²) in [6, 6.07) is 6.19. The smallest absolute Gasteiger partial charge is 0.254 e. The van der Waals surface area contributed by atoms with Crippen LogP contribution in [0.4, 0.5) is 0 Å². The number of benzene rings is 1. The van der Waals surface area contributed by atoms with E-state index in [1.165, 1.54) is 11.1 Å². The van der Waals surface area contributed by atoms with Gasteiger partial charge in [-0.2, -0.15) is 5.10 Å². The van der Waals surface area contributed by atoms with Crippen LogP contribution < -0.4 is 0 Å². The largest absolute Gasteiger partial charge is 0.338 e. The number of fused-ring (bicyclic) bond motifs is 1. The van der Waals surface area contributed by atoms with Gasteiger partial charge in [0, 0.05) is 31.1 Å². The van der Waals surface area contributed by atoms with Gasteiger partial charge in [-0.05, 0) is 68.4 Å². The molecule has 6 heteroatoms. The fourth-order valence-electron chi connectivity index (χ4n) is 4.31. The highest BCUT2D eigenvalue weighted by molar-refractivity contribution is 7.71. The molecule has 1 unspecified atom stereocenters. The van der Waals surface area contributed by atoms with Gasteiger partial charge in [-0.25, -0.2) is 0 Å². The minimum atomic E-state index is 0.181. The lowest BCUT2D eigenvalue weighted by Crippen LogP contribution is -2.40. The lowest BCUT2D eigenvalue weighted by Gasteiger charge is -2.33. The molecule has 1 atom stereocenters. The zero-order valence-corrected chi connectivity index (χ0v) is 15.4. The number of aromatic amines is 1. The van der Waals surface area contributed by atoms with E-state index in [1.807, 2.05) is 21.6 Å². The number of aryl methyl sites for hydroxylation is 1. The summed E-state index contributed by atoms with van der Waals surface area (Å²) in [5, 5.41) is 7.35. The molecule has 2 heterocycles. The minimum Gasteiger partial charge on any atom is -0.338 e. The third-order valence-electron chi connectivity index (χ3n) is 5.55. The summed E-state index contributed by atoms with van der Waals surface area (Å²) in [5.74, 6) is 1.42. The predicted molar refractivity (Wildman–Crippen MR) is 99.4 cm³/mol. The third-order valence-corrected chi connectivity index (χ3v) is 5.87. The fraction of sp³-hybridized carbons (Fsp3) is 0.526. The average Bonchev–Trinajstić information content (AvgIpc) is 3.27. The van der Waals surface area contributed by atoms with Gasteiger partial charge in [0.05, 0.1) is 0 Å². The van der Waals surface area contributed by atoms with Crippen LogP contribution in [0, 0.1) is 4.77 Å². The van der Waals surface area contributed by atoms with Gasteiger partial charge in [0.2, 0.25) is 0 Å². The molecule has 2 aliphatic rings. The summed E-state index contributed by atoms with van der Waals surface area (Å²) < 4.78 is 2.72. The van der Waals surface area contributed by atoms with Gasteiger partial charge in [-0.3, -0.25) is 9.89 Å². The van der Waals surface area contributed by atoms with Crippen molar-refractivity contribution in [3.8, 4) is 0 Å². The van der Waals surface area contributed by atoms with E-state index in [0.717, 1.165) is 63.1 Å².